The maximum Gasteiger partial charge on any atom is 0.229 e. The summed E-state index contributed by atoms with van der Waals surface area (Å²) in [7, 11) is 0. The maximum atomic E-state index is 12.7. The summed E-state index contributed by atoms with van der Waals surface area (Å²) in [6.07, 6.45) is 0.158. The van der Waals surface area contributed by atoms with Gasteiger partial charge in [0.1, 0.15) is 11.5 Å². The van der Waals surface area contributed by atoms with Gasteiger partial charge in [0, 0.05) is 18.7 Å². The number of hydrogen-bond donors (Lipinski definition) is 1. The molecule has 0 aromatic heterocycles. The predicted octanol–water partition coefficient (Wildman–Crippen LogP) is 5.43. The second-order valence-corrected chi connectivity index (χ2v) is 7.70. The predicted molar refractivity (Wildman–Crippen MR) is 118 cm³/mol. The van der Waals surface area contributed by atoms with E-state index in [9.17, 15) is 9.59 Å². The van der Waals surface area contributed by atoms with Gasteiger partial charge in [0.2, 0.25) is 11.8 Å². The Bertz CT molecular complexity index is 1080. The number of rotatable bonds is 5. The molecule has 152 valence electrons. The highest BCUT2D eigenvalue weighted by Crippen LogP contribution is 2.31. The summed E-state index contributed by atoms with van der Waals surface area (Å²) in [5.74, 6) is 0.711. The number of ether oxygens (including phenoxy) is 1. The van der Waals surface area contributed by atoms with Gasteiger partial charge in [0.05, 0.1) is 16.6 Å². The number of amides is 2. The molecule has 1 aliphatic heterocycles. The number of carbonyl (C=O) groups excluding carboxylic acids is 2. The minimum Gasteiger partial charge on any atom is -0.457 e. The Morgan fingerprint density at radius 2 is 1.80 bits per heavy atom. The quantitative estimate of drug-likeness (QED) is 0.598. The summed E-state index contributed by atoms with van der Waals surface area (Å²) in [5, 5.41) is 3.38. The highest BCUT2D eigenvalue weighted by atomic mass is 35.5. The molecular formula is C24H21ClN2O3. The van der Waals surface area contributed by atoms with E-state index in [0.29, 0.717) is 28.7 Å². The molecule has 0 saturated carbocycles. The Hall–Kier alpha value is -3.31. The Morgan fingerprint density at radius 3 is 2.53 bits per heavy atom. The van der Waals surface area contributed by atoms with Crippen LogP contribution in [0.15, 0.2) is 72.8 Å². The minimum absolute atomic E-state index is 0.106. The van der Waals surface area contributed by atoms with Gasteiger partial charge in [-0.15, -0.1) is 0 Å². The summed E-state index contributed by atoms with van der Waals surface area (Å²) >= 11 is 6.20. The molecule has 1 N–H and O–H groups in total. The topological polar surface area (TPSA) is 58.6 Å². The van der Waals surface area contributed by atoms with E-state index in [1.807, 2.05) is 43.3 Å². The van der Waals surface area contributed by atoms with E-state index in [0.717, 1.165) is 11.3 Å². The number of nitrogens with zero attached hydrogens (tertiary/aromatic N) is 1. The van der Waals surface area contributed by atoms with Crippen LogP contribution in [0.1, 0.15) is 12.0 Å². The number of para-hydroxylation sites is 1. The molecule has 0 unspecified atom stereocenters. The van der Waals surface area contributed by atoms with Gasteiger partial charge < -0.3 is 15.0 Å². The third-order valence-corrected chi connectivity index (χ3v) is 5.31. The standard InChI is InChI=1S/C24H21ClN2O3/c1-16-5-4-6-20(13-16)30-19-11-9-18(10-12-19)26-24(29)17-14-23(28)27(15-17)22-8-3-2-7-21(22)25/h2-13,17H,14-15H2,1H3,(H,26,29)/t17-/m1/s1. The zero-order valence-corrected chi connectivity index (χ0v) is 17.2. The van der Waals surface area contributed by atoms with Crippen LogP contribution in [0.2, 0.25) is 5.02 Å². The number of aryl methyl sites for hydroxylation is 1. The second kappa shape index (κ2) is 8.59. The van der Waals surface area contributed by atoms with Crippen molar-refractivity contribution in [1.29, 1.82) is 0 Å². The molecule has 1 atom stereocenters. The van der Waals surface area contributed by atoms with Crippen LogP contribution in [0.5, 0.6) is 11.5 Å². The number of benzene rings is 3. The molecule has 6 heteroatoms. The van der Waals surface area contributed by atoms with Crippen molar-refractivity contribution < 1.29 is 14.3 Å². The molecule has 3 aromatic rings. The van der Waals surface area contributed by atoms with Crippen molar-refractivity contribution in [3.05, 3.63) is 83.4 Å². The summed E-state index contributed by atoms with van der Waals surface area (Å²) in [6, 6.07) is 22.1. The van der Waals surface area contributed by atoms with Gasteiger partial charge in [-0.2, -0.15) is 0 Å². The van der Waals surface area contributed by atoms with E-state index >= 15 is 0 Å². The summed E-state index contributed by atoms with van der Waals surface area (Å²) < 4.78 is 5.83. The molecule has 3 aromatic carbocycles. The largest absolute Gasteiger partial charge is 0.457 e. The molecule has 1 saturated heterocycles. The van der Waals surface area contributed by atoms with Crippen LogP contribution >= 0.6 is 11.6 Å². The highest BCUT2D eigenvalue weighted by molar-refractivity contribution is 6.33. The number of anilines is 2. The van der Waals surface area contributed by atoms with Crippen molar-refractivity contribution in [2.75, 3.05) is 16.8 Å². The van der Waals surface area contributed by atoms with Crippen molar-refractivity contribution in [3.8, 4) is 11.5 Å². The van der Waals surface area contributed by atoms with E-state index in [1.54, 1.807) is 41.3 Å². The van der Waals surface area contributed by atoms with Gasteiger partial charge >= 0.3 is 0 Å². The van der Waals surface area contributed by atoms with E-state index in [-0.39, 0.29) is 18.2 Å². The lowest BCUT2D eigenvalue weighted by atomic mass is 10.1. The van der Waals surface area contributed by atoms with Crippen LogP contribution in [0.4, 0.5) is 11.4 Å². The molecule has 30 heavy (non-hydrogen) atoms. The summed E-state index contributed by atoms with van der Waals surface area (Å²) in [5.41, 5.74) is 2.41. The van der Waals surface area contributed by atoms with Gasteiger partial charge in [0.15, 0.2) is 0 Å². The van der Waals surface area contributed by atoms with Crippen molar-refractivity contribution in [2.45, 2.75) is 13.3 Å². The van der Waals surface area contributed by atoms with E-state index < -0.39 is 5.92 Å². The third-order valence-electron chi connectivity index (χ3n) is 4.99. The minimum atomic E-state index is -0.433. The number of hydrogen-bond acceptors (Lipinski definition) is 3. The Balaban J connectivity index is 1.38. The van der Waals surface area contributed by atoms with Crippen molar-refractivity contribution in [2.24, 2.45) is 5.92 Å². The molecule has 0 radical (unpaired) electrons. The fraction of sp³-hybridized carbons (Fsp3) is 0.167. The molecule has 1 fully saturated rings. The van der Waals surface area contributed by atoms with E-state index in [1.165, 1.54) is 0 Å². The molecule has 4 rings (SSSR count). The Labute approximate surface area is 180 Å². The van der Waals surface area contributed by atoms with E-state index in [2.05, 4.69) is 5.32 Å². The molecule has 5 nitrogen and oxygen atoms in total. The number of nitrogens with one attached hydrogen (secondary N) is 1. The van der Waals surface area contributed by atoms with Crippen LogP contribution in [0.25, 0.3) is 0 Å². The van der Waals surface area contributed by atoms with Gasteiger partial charge in [-0.25, -0.2) is 0 Å². The zero-order valence-electron chi connectivity index (χ0n) is 16.5. The molecular weight excluding hydrogens is 400 g/mol. The Kier molecular flexibility index (Phi) is 5.72. The normalized spacial score (nSPS) is 15.9. The number of halogens is 1. The van der Waals surface area contributed by atoms with Crippen LogP contribution in [-0.2, 0) is 9.59 Å². The van der Waals surface area contributed by atoms with E-state index in [4.69, 9.17) is 16.3 Å². The molecule has 2 amide bonds. The highest BCUT2D eigenvalue weighted by Gasteiger charge is 2.35. The van der Waals surface area contributed by atoms with Crippen LogP contribution in [0.3, 0.4) is 0 Å². The van der Waals surface area contributed by atoms with Crippen LogP contribution in [0, 0.1) is 12.8 Å². The Morgan fingerprint density at radius 1 is 1.03 bits per heavy atom. The first-order chi connectivity index (χ1) is 14.5. The van der Waals surface area contributed by atoms with Crippen LogP contribution < -0.4 is 15.0 Å². The van der Waals surface area contributed by atoms with Crippen molar-refractivity contribution in [1.82, 2.24) is 0 Å². The molecule has 0 aliphatic carbocycles. The third kappa shape index (κ3) is 4.47. The first-order valence-electron chi connectivity index (χ1n) is 9.70. The molecule has 0 spiro atoms. The van der Waals surface area contributed by atoms with Gasteiger partial charge in [-0.05, 0) is 61.0 Å². The first-order valence-corrected chi connectivity index (χ1v) is 10.1. The van der Waals surface area contributed by atoms with Crippen molar-refractivity contribution in [3.63, 3.8) is 0 Å². The lowest BCUT2D eigenvalue weighted by molar-refractivity contribution is -0.122. The average Bonchev–Trinajstić information content (AvgIpc) is 3.11. The monoisotopic (exact) mass is 420 g/mol. The second-order valence-electron chi connectivity index (χ2n) is 7.29. The lowest BCUT2D eigenvalue weighted by Gasteiger charge is -2.18. The van der Waals surface area contributed by atoms with Gasteiger partial charge in [-0.1, -0.05) is 35.9 Å². The van der Waals surface area contributed by atoms with Gasteiger partial charge in [0.25, 0.3) is 0 Å². The van der Waals surface area contributed by atoms with Gasteiger partial charge in [-0.3, -0.25) is 9.59 Å². The molecule has 1 aliphatic rings. The summed E-state index contributed by atoms with van der Waals surface area (Å²) in [6.45, 7) is 2.31. The smallest absolute Gasteiger partial charge is 0.229 e. The van der Waals surface area contributed by atoms with Crippen molar-refractivity contribution >= 4 is 34.8 Å². The molecule has 0 bridgehead atoms. The first kappa shape index (κ1) is 20.0. The summed E-state index contributed by atoms with van der Waals surface area (Å²) in [4.78, 5) is 26.7. The SMILES string of the molecule is Cc1cccc(Oc2ccc(NC(=O)[C@@H]3CC(=O)N(c4ccccc4Cl)C3)cc2)c1. The lowest BCUT2D eigenvalue weighted by Crippen LogP contribution is -2.28. The maximum absolute atomic E-state index is 12.7. The fourth-order valence-electron chi connectivity index (χ4n) is 3.45. The molecule has 1 heterocycles. The average molecular weight is 421 g/mol. The number of carbonyl (C=O) groups is 2. The van der Waals surface area contributed by atoms with Crippen LogP contribution in [-0.4, -0.2) is 18.4 Å². The fourth-order valence-corrected chi connectivity index (χ4v) is 3.69. The zero-order chi connectivity index (χ0) is 21.1.